The number of rotatable bonds is 10. The maximum Gasteiger partial charge on any atom is 0.460 e. The summed E-state index contributed by atoms with van der Waals surface area (Å²) in [6, 6.07) is 5.84. The van der Waals surface area contributed by atoms with Crippen molar-refractivity contribution in [2.24, 2.45) is 0 Å². The molecule has 1 heterocycles. The third kappa shape index (κ3) is 5.02. The van der Waals surface area contributed by atoms with Crippen molar-refractivity contribution < 1.29 is 84.2 Å². The molecule has 0 bridgehead atoms. The minimum Gasteiger partial charge on any atom is -0.492 e. The van der Waals surface area contributed by atoms with Crippen LogP contribution in [0.5, 0.6) is 5.75 Å². The summed E-state index contributed by atoms with van der Waals surface area (Å²) < 4.78 is 234. The van der Waals surface area contributed by atoms with Gasteiger partial charge in [0, 0.05) is 26.2 Å². The second-order valence-electron chi connectivity index (χ2n) is 8.70. The van der Waals surface area contributed by atoms with Crippen molar-refractivity contribution in [2.45, 2.75) is 54.6 Å². The summed E-state index contributed by atoms with van der Waals surface area (Å²) in [5.41, 5.74) is 0.272. The molecule has 1 aliphatic rings. The van der Waals surface area contributed by atoms with Crippen LogP contribution in [0.15, 0.2) is 24.3 Å². The molecular weight excluding hydrogens is 635 g/mol. The molecule has 1 fully saturated rings. The Hall–Kier alpha value is -2.90. The molecule has 0 N–H and O–H groups in total. The minimum atomic E-state index is -8.75. The molecule has 2 rings (SSSR count). The van der Waals surface area contributed by atoms with E-state index in [1.54, 1.807) is 6.92 Å². The number of carbonyl (C=O) groups is 1. The van der Waals surface area contributed by atoms with Crippen LogP contribution in [0, 0.1) is 0 Å². The Balaban J connectivity index is 2.39. The van der Waals surface area contributed by atoms with Crippen molar-refractivity contribution in [2.75, 3.05) is 37.7 Å². The average Bonchev–Trinajstić information content (AvgIpc) is 2.87. The van der Waals surface area contributed by atoms with Crippen LogP contribution < -0.4 is 9.64 Å². The largest absolute Gasteiger partial charge is 0.492 e. The van der Waals surface area contributed by atoms with Crippen LogP contribution in [-0.2, 0) is 4.79 Å². The fraction of sp³-hybridized carbons (Fsp3) is 0.667. The summed E-state index contributed by atoms with van der Waals surface area (Å²) in [5.74, 6) is -61.2. The predicted octanol–water partition coefficient (Wildman–Crippen LogP) is 6.74. The highest BCUT2D eigenvalue weighted by molar-refractivity contribution is 5.85. The van der Waals surface area contributed by atoms with Crippen LogP contribution in [0.4, 0.5) is 80.3 Å². The SMILES string of the molecule is CCOc1ccccc1N1CCN(C(=O)C(F)(F)C(F)(F)C(F)(F)C(F)(F)C(F)(F)C(F)(F)C(F)(F)C(F)(F)F)CC1. The predicted molar refractivity (Wildman–Crippen MR) is 107 cm³/mol. The van der Waals surface area contributed by atoms with E-state index in [1.165, 1.54) is 29.2 Å². The van der Waals surface area contributed by atoms with Crippen molar-refractivity contribution in [1.29, 1.82) is 0 Å². The van der Waals surface area contributed by atoms with Gasteiger partial charge in [-0.3, -0.25) is 4.79 Å². The second-order valence-corrected chi connectivity index (χ2v) is 8.70. The first-order chi connectivity index (χ1) is 18.7. The molecule has 0 aromatic heterocycles. The number of ether oxygens (including phenoxy) is 1. The smallest absolute Gasteiger partial charge is 0.460 e. The zero-order chi connectivity index (χ0) is 33.0. The lowest BCUT2D eigenvalue weighted by Gasteiger charge is -2.43. The van der Waals surface area contributed by atoms with Gasteiger partial charge in [-0.05, 0) is 19.1 Å². The average molecular weight is 652 g/mol. The number of alkyl halides is 17. The van der Waals surface area contributed by atoms with Gasteiger partial charge in [-0.25, -0.2) is 0 Å². The Bertz CT molecular complexity index is 1130. The number of benzene rings is 1. The molecule has 1 saturated heterocycles. The summed E-state index contributed by atoms with van der Waals surface area (Å²) in [6.45, 7) is -1.35. The molecule has 242 valence electrons. The molecule has 0 saturated carbocycles. The van der Waals surface area contributed by atoms with Gasteiger partial charge in [0.25, 0.3) is 5.91 Å². The number of piperazine rings is 1. The Morgan fingerprint density at radius 1 is 0.643 bits per heavy atom. The van der Waals surface area contributed by atoms with Crippen molar-refractivity contribution in [3.8, 4) is 5.75 Å². The molecule has 4 nitrogen and oxygen atoms in total. The topological polar surface area (TPSA) is 32.8 Å². The quantitative estimate of drug-likeness (QED) is 0.263. The Kier molecular flexibility index (Phi) is 8.97. The molecule has 1 aromatic carbocycles. The van der Waals surface area contributed by atoms with Gasteiger partial charge in [-0.1, -0.05) is 12.1 Å². The first kappa shape index (κ1) is 35.3. The van der Waals surface area contributed by atoms with Crippen LogP contribution in [-0.4, -0.2) is 91.2 Å². The number of hydrogen-bond acceptors (Lipinski definition) is 3. The molecule has 21 heteroatoms. The standard InChI is InChI=1S/C21H17F17N2O2/c1-2-42-12-6-4-3-5-11(12)39-7-9-40(10-8-39)13(41)14(22,23)15(24,25)16(26,27)17(28,29)18(30,31)19(32,33)20(34,35)21(36,37)38/h3-6H,2,7-10H2,1H3. The van der Waals surface area contributed by atoms with E-state index in [0.717, 1.165) is 0 Å². The van der Waals surface area contributed by atoms with Crippen LogP contribution in [0.1, 0.15) is 6.92 Å². The lowest BCUT2D eigenvalue weighted by molar-refractivity contribution is -0.459. The molecule has 42 heavy (non-hydrogen) atoms. The number of nitrogens with zero attached hydrogens (tertiary/aromatic N) is 2. The normalized spacial score (nSPS) is 17.0. The maximum atomic E-state index is 14.3. The van der Waals surface area contributed by atoms with E-state index in [0.29, 0.717) is 0 Å². The van der Waals surface area contributed by atoms with E-state index in [1.807, 2.05) is 0 Å². The lowest BCUT2D eigenvalue weighted by Crippen LogP contribution is -2.75. The molecule has 1 aromatic rings. The second kappa shape index (κ2) is 10.7. The van der Waals surface area contributed by atoms with Crippen molar-refractivity contribution in [1.82, 2.24) is 4.90 Å². The third-order valence-electron chi connectivity index (χ3n) is 6.06. The van der Waals surface area contributed by atoms with Gasteiger partial charge in [-0.15, -0.1) is 0 Å². The van der Waals surface area contributed by atoms with Crippen molar-refractivity contribution in [3.63, 3.8) is 0 Å². The number of hydrogen-bond donors (Lipinski definition) is 0. The third-order valence-corrected chi connectivity index (χ3v) is 6.06. The van der Waals surface area contributed by atoms with E-state index >= 15 is 0 Å². The Morgan fingerprint density at radius 3 is 1.48 bits per heavy atom. The molecule has 0 spiro atoms. The van der Waals surface area contributed by atoms with Gasteiger partial charge < -0.3 is 14.5 Å². The van der Waals surface area contributed by atoms with Crippen molar-refractivity contribution >= 4 is 11.6 Å². The summed E-state index contributed by atoms with van der Waals surface area (Å²) >= 11 is 0. The van der Waals surface area contributed by atoms with Gasteiger partial charge in [0.1, 0.15) is 5.75 Å². The fourth-order valence-electron chi connectivity index (χ4n) is 3.64. The molecule has 0 atom stereocenters. The highest BCUT2D eigenvalue weighted by Crippen LogP contribution is 2.64. The highest BCUT2D eigenvalue weighted by Gasteiger charge is 2.95. The molecule has 1 amide bonds. The summed E-state index contributed by atoms with van der Waals surface area (Å²) in [6.07, 6.45) is -7.83. The minimum absolute atomic E-state index is 0.133. The first-order valence-electron chi connectivity index (χ1n) is 11.2. The Labute approximate surface area is 224 Å². The zero-order valence-corrected chi connectivity index (χ0v) is 20.5. The maximum absolute atomic E-state index is 14.3. The highest BCUT2D eigenvalue weighted by atomic mass is 19.4. The fourth-order valence-corrected chi connectivity index (χ4v) is 3.64. The number of anilines is 1. The van der Waals surface area contributed by atoms with Gasteiger partial charge in [-0.2, -0.15) is 74.6 Å². The Morgan fingerprint density at radius 2 is 1.05 bits per heavy atom. The van der Waals surface area contributed by atoms with Crippen LogP contribution in [0.2, 0.25) is 0 Å². The molecule has 0 radical (unpaired) electrons. The van der Waals surface area contributed by atoms with Gasteiger partial charge >= 0.3 is 47.6 Å². The monoisotopic (exact) mass is 652 g/mol. The number of para-hydroxylation sites is 2. The zero-order valence-electron chi connectivity index (χ0n) is 20.5. The van der Waals surface area contributed by atoms with Gasteiger partial charge in [0.15, 0.2) is 0 Å². The van der Waals surface area contributed by atoms with E-state index in [-0.39, 0.29) is 22.9 Å². The first-order valence-corrected chi connectivity index (χ1v) is 11.2. The molecule has 0 unspecified atom stereocenters. The van der Waals surface area contributed by atoms with E-state index < -0.39 is 79.7 Å². The van der Waals surface area contributed by atoms with E-state index in [9.17, 15) is 79.4 Å². The van der Waals surface area contributed by atoms with Crippen molar-refractivity contribution in [3.05, 3.63) is 24.3 Å². The summed E-state index contributed by atoms with van der Waals surface area (Å²) in [7, 11) is 0. The van der Waals surface area contributed by atoms with Gasteiger partial charge in [0.05, 0.1) is 12.3 Å². The number of halogens is 17. The van der Waals surface area contributed by atoms with Gasteiger partial charge in [0.2, 0.25) is 0 Å². The van der Waals surface area contributed by atoms with E-state index in [4.69, 9.17) is 4.74 Å². The molecule has 0 aliphatic carbocycles. The molecular formula is C21H17F17N2O2. The summed E-state index contributed by atoms with van der Waals surface area (Å²) in [4.78, 5) is 13.1. The van der Waals surface area contributed by atoms with Crippen LogP contribution in [0.25, 0.3) is 0 Å². The summed E-state index contributed by atoms with van der Waals surface area (Å²) in [5, 5.41) is 0. The number of amides is 1. The van der Waals surface area contributed by atoms with Crippen LogP contribution >= 0.6 is 0 Å². The number of carbonyl (C=O) groups excluding carboxylic acids is 1. The van der Waals surface area contributed by atoms with Crippen LogP contribution in [0.3, 0.4) is 0 Å². The lowest BCUT2D eigenvalue weighted by atomic mass is 9.88. The van der Waals surface area contributed by atoms with E-state index in [2.05, 4.69) is 0 Å². The molecule has 1 aliphatic heterocycles.